The lowest BCUT2D eigenvalue weighted by atomic mass is 9.88. The summed E-state index contributed by atoms with van der Waals surface area (Å²) < 4.78 is 142. The first-order valence-corrected chi connectivity index (χ1v) is 9.90. The van der Waals surface area contributed by atoms with Gasteiger partial charge in [-0.25, -0.2) is 0 Å². The Kier molecular flexibility index (Phi) is 5.94. The summed E-state index contributed by atoms with van der Waals surface area (Å²) in [5, 5.41) is 14.4. The van der Waals surface area contributed by atoms with Crippen molar-refractivity contribution in [1.82, 2.24) is 5.32 Å². The van der Waals surface area contributed by atoms with E-state index in [-0.39, 0.29) is 17.3 Å². The summed E-state index contributed by atoms with van der Waals surface area (Å²) in [4.78, 5) is 12.3. The summed E-state index contributed by atoms with van der Waals surface area (Å²) in [6, 6.07) is 0.116. The van der Waals surface area contributed by atoms with E-state index in [4.69, 9.17) is 4.11 Å². The van der Waals surface area contributed by atoms with Crippen LogP contribution in [0.4, 0.5) is 50.0 Å². The number of carbonyl (C=O) groups excluding carboxylic acids is 1. The quantitative estimate of drug-likeness (QED) is 0.515. The van der Waals surface area contributed by atoms with Gasteiger partial charge in [-0.05, 0) is 60.4 Å². The van der Waals surface area contributed by atoms with E-state index in [1.165, 1.54) is 0 Å². The van der Waals surface area contributed by atoms with Gasteiger partial charge < -0.3 is 20.1 Å². The maximum atomic E-state index is 13.4. The van der Waals surface area contributed by atoms with Crippen LogP contribution in [0.25, 0.3) is 0 Å². The van der Waals surface area contributed by atoms with Gasteiger partial charge in [-0.2, -0.15) is 39.5 Å². The highest BCUT2D eigenvalue weighted by Crippen LogP contribution is 2.42. The third kappa shape index (κ3) is 5.82. The molecule has 2 aromatic rings. The number of rotatable bonds is 4. The molecule has 1 amide bonds. The number of hydrogen-bond donors (Lipinski definition) is 1. The molecule has 0 saturated heterocycles. The topological polar surface area (TPSA) is 55.4 Å². The highest BCUT2D eigenvalue weighted by molar-refractivity contribution is 5.87. The molecule has 1 aliphatic heterocycles. The van der Waals surface area contributed by atoms with E-state index in [0.29, 0.717) is 29.2 Å². The zero-order valence-corrected chi connectivity index (χ0v) is 17.4. The second-order valence-electron chi connectivity index (χ2n) is 7.85. The van der Waals surface area contributed by atoms with E-state index in [1.807, 2.05) is 0 Å². The summed E-state index contributed by atoms with van der Waals surface area (Å²) in [6.07, 6.45) is -18.2. The summed E-state index contributed by atoms with van der Waals surface area (Å²) >= 11 is 0. The van der Waals surface area contributed by atoms with Gasteiger partial charge in [0, 0.05) is 28.4 Å². The molecule has 0 spiro atoms. The maximum Gasteiger partial charge on any atom is 0.416 e. The van der Waals surface area contributed by atoms with Crippen LogP contribution in [0.5, 0.6) is 0 Å². The molecule has 0 aromatic heterocycles. The molecule has 1 heterocycles. The molecule has 0 fully saturated rings. The third-order valence-electron chi connectivity index (χ3n) is 5.50. The first-order chi connectivity index (χ1) is 17.2. The maximum absolute atomic E-state index is 13.4. The number of anilines is 1. The van der Waals surface area contributed by atoms with Crippen molar-refractivity contribution in [2.75, 3.05) is 4.90 Å². The molecule has 2 atom stereocenters. The summed E-state index contributed by atoms with van der Waals surface area (Å²) in [5.74, 6) is 0. The lowest BCUT2D eigenvalue weighted by molar-refractivity contribution is -0.247. The highest BCUT2D eigenvalue weighted by atomic mass is 19.4. The number of halogens is 9. The van der Waals surface area contributed by atoms with Gasteiger partial charge in [0.25, 0.3) is 0 Å². The summed E-state index contributed by atoms with van der Waals surface area (Å²) in [6.45, 7) is -3.38. The fourth-order valence-electron chi connectivity index (χ4n) is 3.91. The number of nitrogens with zero attached hydrogens (tertiary/aromatic N) is 1. The monoisotopic (exact) mass is 516 g/mol. The van der Waals surface area contributed by atoms with Crippen LogP contribution < -0.4 is 15.3 Å². The van der Waals surface area contributed by atoms with Gasteiger partial charge in [0.1, 0.15) is 6.09 Å². The second-order valence-corrected chi connectivity index (χ2v) is 7.85. The van der Waals surface area contributed by atoms with Gasteiger partial charge in [0.2, 0.25) is 0 Å². The van der Waals surface area contributed by atoms with Gasteiger partial charge >= 0.3 is 18.5 Å². The minimum absolute atomic E-state index is 0.0842. The number of amides is 1. The molecule has 13 heteroatoms. The molecule has 2 aromatic carbocycles. The number of benzene rings is 2. The Morgan fingerprint density at radius 1 is 0.971 bits per heavy atom. The number of carbonyl (C=O) groups is 1. The van der Waals surface area contributed by atoms with Crippen LogP contribution in [-0.2, 0) is 25.1 Å². The lowest BCUT2D eigenvalue weighted by Gasteiger charge is -2.42. The largest absolute Gasteiger partial charge is 0.530 e. The van der Waals surface area contributed by atoms with E-state index in [1.54, 1.807) is 0 Å². The Hall–Kier alpha value is -2.96. The Labute approximate surface area is 197 Å². The van der Waals surface area contributed by atoms with Crippen LogP contribution in [0.15, 0.2) is 36.4 Å². The minimum Gasteiger partial charge on any atom is -0.530 e. The number of hydrogen-bond acceptors (Lipinski definition) is 3. The SMILES string of the molecule is [2H]C([2H])([2H])CC1CC(NCc2cc(C(F)(F)F)cc(C(F)(F)F)c2)c2cc(C(F)(F)F)ccc2N1C(=O)[O-]. The van der Waals surface area contributed by atoms with Gasteiger partial charge in [-0.3, -0.25) is 0 Å². The Morgan fingerprint density at radius 2 is 1.54 bits per heavy atom. The van der Waals surface area contributed by atoms with E-state index < -0.39 is 85.2 Å². The predicted molar refractivity (Wildman–Crippen MR) is 104 cm³/mol. The van der Waals surface area contributed by atoms with Crippen molar-refractivity contribution in [3.05, 3.63) is 64.2 Å². The molecule has 1 N–H and O–H groups in total. The molecule has 3 rings (SSSR count). The highest BCUT2D eigenvalue weighted by Gasteiger charge is 2.38. The zero-order valence-electron chi connectivity index (χ0n) is 20.4. The van der Waals surface area contributed by atoms with Gasteiger partial charge in [0.15, 0.2) is 0 Å². The molecule has 35 heavy (non-hydrogen) atoms. The van der Waals surface area contributed by atoms with Crippen molar-refractivity contribution >= 4 is 11.8 Å². The second kappa shape index (κ2) is 9.25. The normalized spacial score (nSPS) is 20.6. The van der Waals surface area contributed by atoms with Crippen LogP contribution in [0.3, 0.4) is 0 Å². The van der Waals surface area contributed by atoms with E-state index >= 15 is 0 Å². The van der Waals surface area contributed by atoms with E-state index in [0.717, 1.165) is 6.07 Å². The number of alkyl halides is 9. The van der Waals surface area contributed by atoms with Crippen molar-refractivity contribution in [2.24, 2.45) is 0 Å². The Balaban J connectivity index is 2.06. The van der Waals surface area contributed by atoms with Gasteiger partial charge in [-0.15, -0.1) is 0 Å². The Bertz CT molecular complexity index is 1160. The lowest BCUT2D eigenvalue weighted by Crippen LogP contribution is -2.51. The molecular formula is C22H18F9N2O2-. The summed E-state index contributed by atoms with van der Waals surface area (Å²) in [7, 11) is 0. The average molecular weight is 516 g/mol. The molecule has 0 radical (unpaired) electrons. The first kappa shape index (κ1) is 22.5. The smallest absolute Gasteiger partial charge is 0.416 e. The molecule has 192 valence electrons. The summed E-state index contributed by atoms with van der Waals surface area (Å²) in [5.41, 5.74) is -5.55. The van der Waals surface area contributed by atoms with Crippen LogP contribution >= 0.6 is 0 Å². The number of nitrogens with one attached hydrogen (secondary N) is 1. The Morgan fingerprint density at radius 3 is 2.03 bits per heavy atom. The molecule has 0 bridgehead atoms. The molecule has 4 nitrogen and oxygen atoms in total. The van der Waals surface area contributed by atoms with Crippen molar-refractivity contribution < 1.29 is 53.5 Å². The third-order valence-corrected chi connectivity index (χ3v) is 5.50. The number of carboxylic acid groups (broad SMARTS) is 1. The van der Waals surface area contributed by atoms with E-state index in [2.05, 4.69) is 5.32 Å². The molecule has 0 saturated carbocycles. The fraction of sp³-hybridized carbons (Fsp3) is 0.409. The van der Waals surface area contributed by atoms with Crippen LogP contribution in [0, 0.1) is 0 Å². The van der Waals surface area contributed by atoms with Crippen LogP contribution in [-0.4, -0.2) is 12.1 Å². The molecular weight excluding hydrogens is 495 g/mol. The van der Waals surface area contributed by atoms with Crippen molar-refractivity contribution in [1.29, 1.82) is 0 Å². The number of fused-ring (bicyclic) bond motifs is 1. The van der Waals surface area contributed by atoms with Crippen molar-refractivity contribution in [3.63, 3.8) is 0 Å². The average Bonchev–Trinajstić information content (AvgIpc) is 2.73. The standard InChI is InChI=1S/C22H19F9N2O2/c1-2-15-9-17(16-8-12(20(23,24)25)3-4-18(16)33(15)19(34)35)32-10-11-5-13(21(26,27)28)7-14(6-11)22(29,30)31/h3-8,15,17,32H,2,9-10H2,1H3,(H,34,35)/p-1/i1D3. The van der Waals surface area contributed by atoms with Gasteiger partial charge in [-0.1, -0.05) is 6.85 Å². The first-order valence-electron chi connectivity index (χ1n) is 11.4. The van der Waals surface area contributed by atoms with Crippen molar-refractivity contribution in [3.8, 4) is 0 Å². The minimum atomic E-state index is -5.13. The molecule has 0 aliphatic carbocycles. The molecule has 1 aliphatic rings. The van der Waals surface area contributed by atoms with Crippen LogP contribution in [0.2, 0.25) is 0 Å². The van der Waals surface area contributed by atoms with Crippen LogP contribution in [0.1, 0.15) is 57.7 Å². The zero-order chi connectivity index (χ0) is 28.8. The molecule has 2 unspecified atom stereocenters. The fourth-order valence-corrected chi connectivity index (χ4v) is 3.91. The predicted octanol–water partition coefficient (Wildman–Crippen LogP) is 5.91. The van der Waals surface area contributed by atoms with Gasteiger partial charge in [0.05, 0.1) is 16.7 Å². The van der Waals surface area contributed by atoms with E-state index in [9.17, 15) is 49.4 Å². The van der Waals surface area contributed by atoms with Crippen molar-refractivity contribution in [2.45, 2.75) is 56.9 Å².